The Morgan fingerprint density at radius 3 is 2.60 bits per heavy atom. The van der Waals surface area contributed by atoms with Crippen molar-refractivity contribution in [3.05, 3.63) is 0 Å². The molecule has 10 heavy (non-hydrogen) atoms. The Morgan fingerprint density at radius 1 is 1.50 bits per heavy atom. The van der Waals surface area contributed by atoms with Crippen LogP contribution in [0.25, 0.3) is 0 Å². The Balaban J connectivity index is 2.40. The number of nitrogens with zero attached hydrogens (tertiary/aromatic N) is 1. The van der Waals surface area contributed by atoms with E-state index in [1.165, 1.54) is 25.8 Å². The standard InChI is InChI=1S/C8H18N2/c1-7(9)8-5-3-4-6-10(8)2/h7-8H,3-6,9H2,1-2H3/t7-,8?/m0/s1. The first-order chi connectivity index (χ1) is 4.72. The summed E-state index contributed by atoms with van der Waals surface area (Å²) in [6.45, 7) is 3.33. The summed E-state index contributed by atoms with van der Waals surface area (Å²) in [5.41, 5.74) is 5.82. The lowest BCUT2D eigenvalue weighted by Crippen LogP contribution is -2.46. The second-order valence-electron chi connectivity index (χ2n) is 3.40. The SMILES string of the molecule is C[C@H](N)C1CCCCN1C. The van der Waals surface area contributed by atoms with Crippen molar-refractivity contribution in [2.45, 2.75) is 38.3 Å². The monoisotopic (exact) mass is 142 g/mol. The van der Waals surface area contributed by atoms with Crippen LogP contribution in [0.4, 0.5) is 0 Å². The predicted octanol–water partition coefficient (Wildman–Crippen LogP) is 0.818. The molecule has 1 aliphatic heterocycles. The summed E-state index contributed by atoms with van der Waals surface area (Å²) >= 11 is 0. The molecule has 0 aromatic heterocycles. The predicted molar refractivity (Wildman–Crippen MR) is 43.9 cm³/mol. The summed E-state index contributed by atoms with van der Waals surface area (Å²) in [6.07, 6.45) is 3.99. The number of rotatable bonds is 1. The average Bonchev–Trinajstić information content (AvgIpc) is 1.88. The summed E-state index contributed by atoms with van der Waals surface area (Å²) in [4.78, 5) is 2.38. The first-order valence-corrected chi connectivity index (χ1v) is 4.17. The van der Waals surface area contributed by atoms with Crippen molar-refractivity contribution in [1.29, 1.82) is 0 Å². The van der Waals surface area contributed by atoms with E-state index in [0.29, 0.717) is 12.1 Å². The van der Waals surface area contributed by atoms with Crippen molar-refractivity contribution in [3.8, 4) is 0 Å². The van der Waals surface area contributed by atoms with Crippen LogP contribution >= 0.6 is 0 Å². The molecule has 2 nitrogen and oxygen atoms in total. The molecule has 2 heteroatoms. The molecule has 0 spiro atoms. The van der Waals surface area contributed by atoms with Crippen molar-refractivity contribution >= 4 is 0 Å². The van der Waals surface area contributed by atoms with Gasteiger partial charge in [0.05, 0.1) is 0 Å². The molecule has 2 atom stereocenters. The fourth-order valence-electron chi connectivity index (χ4n) is 1.77. The van der Waals surface area contributed by atoms with Gasteiger partial charge in [0.2, 0.25) is 0 Å². The van der Waals surface area contributed by atoms with E-state index < -0.39 is 0 Å². The van der Waals surface area contributed by atoms with E-state index in [0.717, 1.165) is 0 Å². The van der Waals surface area contributed by atoms with E-state index in [1.807, 2.05) is 0 Å². The van der Waals surface area contributed by atoms with Gasteiger partial charge in [-0.25, -0.2) is 0 Å². The van der Waals surface area contributed by atoms with Gasteiger partial charge < -0.3 is 10.6 Å². The molecular weight excluding hydrogens is 124 g/mol. The van der Waals surface area contributed by atoms with Crippen LogP contribution in [-0.2, 0) is 0 Å². The first-order valence-electron chi connectivity index (χ1n) is 4.17. The molecule has 2 N–H and O–H groups in total. The highest BCUT2D eigenvalue weighted by atomic mass is 15.1. The molecule has 0 amide bonds. The van der Waals surface area contributed by atoms with Crippen LogP contribution in [0.1, 0.15) is 26.2 Å². The summed E-state index contributed by atoms with van der Waals surface area (Å²) < 4.78 is 0. The van der Waals surface area contributed by atoms with Crippen LogP contribution in [-0.4, -0.2) is 30.6 Å². The highest BCUT2D eigenvalue weighted by molar-refractivity contribution is 4.80. The van der Waals surface area contributed by atoms with Crippen molar-refractivity contribution in [1.82, 2.24) is 4.90 Å². The van der Waals surface area contributed by atoms with Gasteiger partial charge in [0, 0.05) is 12.1 Å². The van der Waals surface area contributed by atoms with Crippen LogP contribution < -0.4 is 5.73 Å². The maximum atomic E-state index is 5.82. The van der Waals surface area contributed by atoms with E-state index in [4.69, 9.17) is 5.73 Å². The van der Waals surface area contributed by atoms with Gasteiger partial charge in [-0.1, -0.05) is 6.42 Å². The minimum Gasteiger partial charge on any atom is -0.327 e. The molecule has 60 valence electrons. The van der Waals surface area contributed by atoms with Gasteiger partial charge in [0.25, 0.3) is 0 Å². The van der Waals surface area contributed by atoms with Crippen molar-refractivity contribution in [3.63, 3.8) is 0 Å². The van der Waals surface area contributed by atoms with E-state index >= 15 is 0 Å². The van der Waals surface area contributed by atoms with Gasteiger partial charge in [0.15, 0.2) is 0 Å². The Kier molecular flexibility index (Phi) is 2.69. The smallest absolute Gasteiger partial charge is 0.0241 e. The molecule has 1 aliphatic rings. The first kappa shape index (κ1) is 8.02. The second-order valence-corrected chi connectivity index (χ2v) is 3.40. The third-order valence-corrected chi connectivity index (χ3v) is 2.43. The molecule has 0 aromatic carbocycles. The van der Waals surface area contributed by atoms with Crippen molar-refractivity contribution < 1.29 is 0 Å². The van der Waals surface area contributed by atoms with Crippen LogP contribution in [0.2, 0.25) is 0 Å². The van der Waals surface area contributed by atoms with Crippen molar-refractivity contribution in [2.75, 3.05) is 13.6 Å². The molecule has 0 bridgehead atoms. The minimum absolute atomic E-state index is 0.338. The number of hydrogen-bond acceptors (Lipinski definition) is 2. The Hall–Kier alpha value is -0.0800. The third-order valence-electron chi connectivity index (χ3n) is 2.43. The molecule has 1 heterocycles. The molecule has 0 saturated carbocycles. The number of nitrogens with two attached hydrogens (primary N) is 1. The molecular formula is C8H18N2. The maximum absolute atomic E-state index is 5.82. The highest BCUT2D eigenvalue weighted by Gasteiger charge is 2.21. The van der Waals surface area contributed by atoms with Crippen LogP contribution in [0.5, 0.6) is 0 Å². The van der Waals surface area contributed by atoms with Crippen LogP contribution in [0.15, 0.2) is 0 Å². The topological polar surface area (TPSA) is 29.3 Å². The Labute approximate surface area is 63.4 Å². The minimum atomic E-state index is 0.338. The largest absolute Gasteiger partial charge is 0.327 e. The molecule has 1 fully saturated rings. The molecule has 1 saturated heterocycles. The van der Waals surface area contributed by atoms with E-state index in [-0.39, 0.29) is 0 Å². The van der Waals surface area contributed by atoms with Crippen LogP contribution in [0.3, 0.4) is 0 Å². The lowest BCUT2D eigenvalue weighted by atomic mass is 9.98. The zero-order chi connectivity index (χ0) is 7.56. The number of hydrogen-bond donors (Lipinski definition) is 1. The summed E-state index contributed by atoms with van der Waals surface area (Å²) in [7, 11) is 2.17. The lowest BCUT2D eigenvalue weighted by Gasteiger charge is -2.34. The fraction of sp³-hybridized carbons (Fsp3) is 1.00. The van der Waals surface area contributed by atoms with Gasteiger partial charge in [-0.3, -0.25) is 0 Å². The quantitative estimate of drug-likeness (QED) is 0.587. The summed E-state index contributed by atoms with van der Waals surface area (Å²) in [5.74, 6) is 0. The van der Waals surface area contributed by atoms with Crippen LogP contribution in [0, 0.1) is 0 Å². The van der Waals surface area contributed by atoms with Gasteiger partial charge in [-0.05, 0) is 33.4 Å². The summed E-state index contributed by atoms with van der Waals surface area (Å²) in [6, 6.07) is 0.971. The average molecular weight is 142 g/mol. The molecule has 0 aromatic rings. The van der Waals surface area contributed by atoms with Gasteiger partial charge >= 0.3 is 0 Å². The van der Waals surface area contributed by atoms with Gasteiger partial charge in [-0.15, -0.1) is 0 Å². The number of piperidine rings is 1. The van der Waals surface area contributed by atoms with Gasteiger partial charge in [0.1, 0.15) is 0 Å². The Bertz CT molecular complexity index is 101. The fourth-order valence-corrected chi connectivity index (χ4v) is 1.77. The summed E-state index contributed by atoms with van der Waals surface area (Å²) in [5, 5.41) is 0. The normalized spacial score (nSPS) is 32.1. The van der Waals surface area contributed by atoms with Gasteiger partial charge in [-0.2, -0.15) is 0 Å². The highest BCUT2D eigenvalue weighted by Crippen LogP contribution is 2.16. The van der Waals surface area contributed by atoms with E-state index in [9.17, 15) is 0 Å². The molecule has 0 aliphatic carbocycles. The van der Waals surface area contributed by atoms with Crippen molar-refractivity contribution in [2.24, 2.45) is 5.73 Å². The number of likely N-dealkylation sites (tertiary alicyclic amines) is 1. The number of likely N-dealkylation sites (N-methyl/N-ethyl adjacent to an activating group) is 1. The molecule has 1 rings (SSSR count). The molecule has 1 unspecified atom stereocenters. The molecule has 0 radical (unpaired) electrons. The maximum Gasteiger partial charge on any atom is 0.0241 e. The zero-order valence-electron chi connectivity index (χ0n) is 7.01. The Morgan fingerprint density at radius 2 is 2.20 bits per heavy atom. The third kappa shape index (κ3) is 1.70. The lowest BCUT2D eigenvalue weighted by molar-refractivity contribution is 0.165. The van der Waals surface area contributed by atoms with E-state index in [1.54, 1.807) is 0 Å². The van der Waals surface area contributed by atoms with E-state index in [2.05, 4.69) is 18.9 Å². The second kappa shape index (κ2) is 3.35. The zero-order valence-corrected chi connectivity index (χ0v) is 7.01.